The third-order valence-electron chi connectivity index (χ3n) is 4.61. The van der Waals surface area contributed by atoms with E-state index < -0.39 is 56.6 Å². The second-order valence-electron chi connectivity index (χ2n) is 6.09. The molecule has 0 unspecified atom stereocenters. The van der Waals surface area contributed by atoms with Crippen LogP contribution in [0.3, 0.4) is 0 Å². The fourth-order valence-electron chi connectivity index (χ4n) is 2.34. The number of alkyl halides is 13. The molecule has 0 amide bonds. The summed E-state index contributed by atoms with van der Waals surface area (Å²) in [6, 6.07) is -0.864. The van der Waals surface area contributed by atoms with Crippen molar-refractivity contribution >= 4 is 8.32 Å². The summed E-state index contributed by atoms with van der Waals surface area (Å²) in [6.45, 7) is 2.81. The molecule has 0 aromatic rings. The summed E-state index contributed by atoms with van der Waals surface area (Å²) in [5, 5.41) is 0. The molecule has 0 saturated carbocycles. The van der Waals surface area contributed by atoms with Gasteiger partial charge in [-0.05, 0) is 18.1 Å². The topological polar surface area (TPSA) is 9.23 Å². The van der Waals surface area contributed by atoms with E-state index in [9.17, 15) is 57.1 Å². The molecule has 1 nitrogen and oxygen atoms in total. The SMILES string of the molecule is CC[Si](CC)(CCC(F)(F)C(F)(F)C(F)(F)C(F)(F)C(F)(F)C(F)(F)F)OC. The Balaban J connectivity index is 6.05. The van der Waals surface area contributed by atoms with Gasteiger partial charge in [0.1, 0.15) is 0 Å². The quantitative estimate of drug-likeness (QED) is 0.257. The van der Waals surface area contributed by atoms with Crippen molar-refractivity contribution in [1.82, 2.24) is 0 Å². The Morgan fingerprint density at radius 2 is 0.964 bits per heavy atom. The highest BCUT2D eigenvalue weighted by Crippen LogP contribution is 2.61. The predicted octanol–water partition coefficient (Wildman–Crippen LogP) is 6.75. The van der Waals surface area contributed by atoms with Crippen molar-refractivity contribution in [2.45, 2.75) is 74.2 Å². The number of halogens is 13. The predicted molar refractivity (Wildman–Crippen MR) is 73.9 cm³/mol. The summed E-state index contributed by atoms with van der Waals surface area (Å²) < 4.78 is 174. The van der Waals surface area contributed by atoms with Gasteiger partial charge in [0.25, 0.3) is 0 Å². The molecular weight excluding hydrogens is 447 g/mol. The van der Waals surface area contributed by atoms with Crippen LogP contribution in [0, 0.1) is 0 Å². The lowest BCUT2D eigenvalue weighted by Crippen LogP contribution is -2.70. The van der Waals surface area contributed by atoms with E-state index >= 15 is 0 Å². The number of hydrogen-bond acceptors (Lipinski definition) is 1. The van der Waals surface area contributed by atoms with Crippen LogP contribution in [0.15, 0.2) is 0 Å². The van der Waals surface area contributed by atoms with Gasteiger partial charge >= 0.3 is 35.8 Å². The van der Waals surface area contributed by atoms with E-state index in [2.05, 4.69) is 0 Å². The van der Waals surface area contributed by atoms with Crippen molar-refractivity contribution in [1.29, 1.82) is 0 Å². The van der Waals surface area contributed by atoms with Crippen LogP contribution in [0.5, 0.6) is 0 Å². The van der Waals surface area contributed by atoms with E-state index in [1.807, 2.05) is 0 Å². The zero-order chi connectivity index (χ0) is 23.0. The average Bonchev–Trinajstić information content (AvgIpc) is 2.54. The molecule has 0 aromatic carbocycles. The highest BCUT2D eigenvalue weighted by molar-refractivity contribution is 6.73. The Morgan fingerprint density at radius 3 is 1.25 bits per heavy atom. The third-order valence-corrected chi connectivity index (χ3v) is 9.22. The lowest BCUT2D eigenvalue weighted by atomic mass is 9.93. The van der Waals surface area contributed by atoms with Crippen LogP contribution >= 0.6 is 0 Å². The van der Waals surface area contributed by atoms with E-state index in [1.165, 1.54) is 13.8 Å². The summed E-state index contributed by atoms with van der Waals surface area (Å²) in [6.07, 6.45) is -9.57. The molecule has 15 heteroatoms. The minimum absolute atomic E-state index is 0.0420. The highest BCUT2D eigenvalue weighted by atomic mass is 28.4. The molecule has 0 spiro atoms. The first-order valence-corrected chi connectivity index (χ1v) is 10.2. The third kappa shape index (κ3) is 4.10. The lowest BCUT2D eigenvalue weighted by molar-refractivity contribution is -0.439. The van der Waals surface area contributed by atoms with Crippen LogP contribution in [0.2, 0.25) is 18.1 Å². The van der Waals surface area contributed by atoms with Crippen molar-refractivity contribution < 1.29 is 61.5 Å². The lowest BCUT2D eigenvalue weighted by Gasteiger charge is -2.40. The van der Waals surface area contributed by atoms with Crippen LogP contribution in [-0.2, 0) is 4.43 Å². The van der Waals surface area contributed by atoms with E-state index in [1.54, 1.807) is 0 Å². The van der Waals surface area contributed by atoms with Gasteiger partial charge in [0.2, 0.25) is 0 Å². The molecule has 0 fully saturated rings. The Bertz CT molecular complexity index is 517. The fourth-order valence-corrected chi connectivity index (χ4v) is 5.10. The van der Waals surface area contributed by atoms with Crippen molar-refractivity contribution in [3.05, 3.63) is 0 Å². The molecule has 170 valence electrons. The summed E-state index contributed by atoms with van der Waals surface area (Å²) in [5.41, 5.74) is 0. The van der Waals surface area contributed by atoms with Gasteiger partial charge in [-0.1, -0.05) is 13.8 Å². The molecule has 28 heavy (non-hydrogen) atoms. The Kier molecular flexibility index (Phi) is 7.63. The van der Waals surface area contributed by atoms with Crippen molar-refractivity contribution in [3.8, 4) is 0 Å². The maximum absolute atomic E-state index is 13.7. The molecule has 0 aromatic heterocycles. The van der Waals surface area contributed by atoms with Gasteiger partial charge in [-0.2, -0.15) is 57.1 Å². The zero-order valence-corrected chi connectivity index (χ0v) is 15.7. The van der Waals surface area contributed by atoms with Gasteiger partial charge in [-0.15, -0.1) is 0 Å². The van der Waals surface area contributed by atoms with E-state index in [0.717, 1.165) is 7.11 Å². The second-order valence-corrected chi connectivity index (χ2v) is 10.8. The van der Waals surface area contributed by atoms with Gasteiger partial charge in [-0.3, -0.25) is 0 Å². The summed E-state index contributed by atoms with van der Waals surface area (Å²) in [4.78, 5) is 0. The Morgan fingerprint density at radius 1 is 0.607 bits per heavy atom. The first kappa shape index (κ1) is 27.3. The summed E-state index contributed by atoms with van der Waals surface area (Å²) in [7, 11) is -2.12. The summed E-state index contributed by atoms with van der Waals surface area (Å²) >= 11 is 0. The molecule has 0 N–H and O–H groups in total. The van der Waals surface area contributed by atoms with Gasteiger partial charge < -0.3 is 4.43 Å². The maximum atomic E-state index is 13.7. The van der Waals surface area contributed by atoms with Crippen molar-refractivity contribution in [3.63, 3.8) is 0 Å². The zero-order valence-electron chi connectivity index (χ0n) is 14.7. The van der Waals surface area contributed by atoms with Crippen LogP contribution in [0.25, 0.3) is 0 Å². The second kappa shape index (κ2) is 7.83. The molecule has 0 bridgehead atoms. The number of hydrogen-bond donors (Lipinski definition) is 0. The largest absolute Gasteiger partial charge is 0.460 e. The molecular formula is C13H17F13OSi. The van der Waals surface area contributed by atoms with Crippen LogP contribution in [0.1, 0.15) is 20.3 Å². The van der Waals surface area contributed by atoms with Crippen LogP contribution in [0.4, 0.5) is 57.1 Å². The molecule has 0 saturated heterocycles. The maximum Gasteiger partial charge on any atom is 0.460 e. The van der Waals surface area contributed by atoms with Gasteiger partial charge in [0.05, 0.1) is 0 Å². The van der Waals surface area contributed by atoms with E-state index in [-0.39, 0.29) is 12.1 Å². The first-order valence-electron chi connectivity index (χ1n) is 7.65. The monoisotopic (exact) mass is 464 g/mol. The molecule has 0 atom stereocenters. The number of rotatable bonds is 10. The van der Waals surface area contributed by atoms with Crippen molar-refractivity contribution in [2.75, 3.05) is 7.11 Å². The minimum Gasteiger partial charge on any atom is -0.420 e. The molecule has 0 aliphatic rings. The van der Waals surface area contributed by atoms with Gasteiger partial charge in [0.15, 0.2) is 8.32 Å². The Hall–Kier alpha value is -0.733. The highest BCUT2D eigenvalue weighted by Gasteiger charge is 2.90. The smallest absolute Gasteiger partial charge is 0.420 e. The fraction of sp³-hybridized carbons (Fsp3) is 1.00. The van der Waals surface area contributed by atoms with E-state index in [0.29, 0.717) is 0 Å². The Labute approximate surface area is 152 Å². The average molecular weight is 464 g/mol. The standard InChI is InChI=1S/C13H17F13OSi/c1-4-28(5-2,27-3)7-6-8(14,15)9(16,17)10(18,19)11(20,21)12(22,23)13(24,25)26/h4-7H2,1-3H3. The van der Waals surface area contributed by atoms with Crippen LogP contribution in [-0.4, -0.2) is 51.2 Å². The minimum atomic E-state index is -7.85. The molecule has 0 rings (SSSR count). The van der Waals surface area contributed by atoms with Crippen LogP contribution < -0.4 is 0 Å². The van der Waals surface area contributed by atoms with E-state index in [4.69, 9.17) is 4.43 Å². The van der Waals surface area contributed by atoms with Crippen molar-refractivity contribution in [2.24, 2.45) is 0 Å². The van der Waals surface area contributed by atoms with Gasteiger partial charge in [-0.25, -0.2) is 0 Å². The summed E-state index contributed by atoms with van der Waals surface area (Å²) in [5.74, 6) is -36.5. The van der Waals surface area contributed by atoms with Gasteiger partial charge in [0, 0.05) is 13.5 Å². The first-order chi connectivity index (χ1) is 12.1. The molecule has 0 aliphatic carbocycles. The molecule has 0 radical (unpaired) electrons. The molecule has 0 heterocycles. The normalized spacial score (nSPS) is 15.9. The molecule has 0 aliphatic heterocycles.